The van der Waals surface area contributed by atoms with Crippen molar-refractivity contribution in [3.8, 4) is 11.1 Å². The number of nitrogens with zero attached hydrogens (tertiary/aromatic N) is 2. The molecule has 0 saturated heterocycles. The minimum atomic E-state index is -1.98. The van der Waals surface area contributed by atoms with E-state index in [0.29, 0.717) is 34.7 Å². The van der Waals surface area contributed by atoms with Crippen molar-refractivity contribution < 1.29 is 28.7 Å². The van der Waals surface area contributed by atoms with Gasteiger partial charge in [-0.15, -0.1) is 0 Å². The van der Waals surface area contributed by atoms with Gasteiger partial charge in [-0.2, -0.15) is 5.06 Å². The Bertz CT molecular complexity index is 1230. The first-order valence-corrected chi connectivity index (χ1v) is 10.5. The second kappa shape index (κ2) is 10.1. The molecule has 34 heavy (non-hydrogen) atoms. The summed E-state index contributed by atoms with van der Waals surface area (Å²) in [6.45, 7) is 5.58. The van der Waals surface area contributed by atoms with Crippen LogP contribution in [0.5, 0.6) is 0 Å². The molecule has 7 nitrogen and oxygen atoms in total. The van der Waals surface area contributed by atoms with Crippen molar-refractivity contribution in [2.45, 2.75) is 33.3 Å². The zero-order valence-electron chi connectivity index (χ0n) is 18.9. The Labute approximate surface area is 195 Å². The highest BCUT2D eigenvalue weighted by Gasteiger charge is 2.26. The molecule has 178 valence electrons. The third-order valence-electron chi connectivity index (χ3n) is 5.22. The summed E-state index contributed by atoms with van der Waals surface area (Å²) in [4.78, 5) is 29.1. The number of carbonyl (C=O) groups excluding carboxylic acids is 2. The average molecular weight is 469 g/mol. The zero-order valence-corrected chi connectivity index (χ0v) is 18.9. The van der Waals surface area contributed by atoms with Crippen LogP contribution in [0.25, 0.3) is 11.1 Å². The number of hydroxylamine groups is 1. The van der Waals surface area contributed by atoms with Gasteiger partial charge in [0.1, 0.15) is 17.5 Å². The van der Waals surface area contributed by atoms with Crippen LogP contribution >= 0.6 is 0 Å². The lowest BCUT2D eigenvalue weighted by molar-refractivity contribution is -0.132. The largest absolute Gasteiger partial charge is 0.383 e. The van der Waals surface area contributed by atoms with Gasteiger partial charge < -0.3 is 10.8 Å². The number of hydrogen-bond donors (Lipinski definition) is 3. The Morgan fingerprint density at radius 1 is 1.09 bits per heavy atom. The molecule has 0 aliphatic heterocycles. The minimum absolute atomic E-state index is 0.0293. The van der Waals surface area contributed by atoms with Crippen LogP contribution in [0.15, 0.2) is 48.7 Å². The predicted molar refractivity (Wildman–Crippen MR) is 123 cm³/mol. The van der Waals surface area contributed by atoms with Crippen molar-refractivity contribution in [3.05, 3.63) is 77.0 Å². The molecule has 9 heteroatoms. The average Bonchev–Trinajstić information content (AvgIpc) is 2.76. The van der Waals surface area contributed by atoms with E-state index in [1.165, 1.54) is 18.3 Å². The highest BCUT2D eigenvalue weighted by molar-refractivity contribution is 6.01. The Kier molecular flexibility index (Phi) is 7.38. The molecule has 2 aromatic carbocycles. The molecule has 0 aliphatic carbocycles. The van der Waals surface area contributed by atoms with Gasteiger partial charge in [0, 0.05) is 24.2 Å². The van der Waals surface area contributed by atoms with Crippen molar-refractivity contribution in [1.29, 1.82) is 0 Å². The molecule has 0 spiro atoms. The predicted octanol–water partition coefficient (Wildman–Crippen LogP) is 4.60. The van der Waals surface area contributed by atoms with Gasteiger partial charge >= 0.3 is 0 Å². The zero-order chi connectivity index (χ0) is 25.2. The summed E-state index contributed by atoms with van der Waals surface area (Å²) >= 11 is 0. The molecule has 0 saturated carbocycles. The summed E-state index contributed by atoms with van der Waals surface area (Å²) in [5.41, 5.74) is 7.85. The van der Waals surface area contributed by atoms with E-state index in [2.05, 4.69) is 4.98 Å². The first kappa shape index (κ1) is 24.9. The Balaban J connectivity index is 1.87. The second-order valence-corrected chi connectivity index (χ2v) is 8.43. The van der Waals surface area contributed by atoms with Gasteiger partial charge in [0.15, 0.2) is 11.9 Å². The molecule has 0 aliphatic rings. The minimum Gasteiger partial charge on any atom is -0.383 e. The second-order valence-electron chi connectivity index (χ2n) is 8.43. The maximum Gasteiger partial charge on any atom is 0.284 e. The number of carbonyl (C=O) groups is 2. The number of Topliss-reactive ketones (excluding diaryl/α,β-unsaturated/α-hetero) is 1. The van der Waals surface area contributed by atoms with E-state index < -0.39 is 23.6 Å². The van der Waals surface area contributed by atoms with Crippen LogP contribution in [0.2, 0.25) is 0 Å². The van der Waals surface area contributed by atoms with Gasteiger partial charge in [-0.25, -0.2) is 13.8 Å². The van der Waals surface area contributed by atoms with E-state index in [4.69, 9.17) is 5.73 Å². The van der Waals surface area contributed by atoms with Crippen LogP contribution in [0.1, 0.15) is 47.9 Å². The highest BCUT2D eigenvalue weighted by atomic mass is 19.1. The fourth-order valence-electron chi connectivity index (χ4n) is 3.55. The molecule has 4 N–H and O–H groups in total. The summed E-state index contributed by atoms with van der Waals surface area (Å²) in [5.74, 6) is -2.94. The smallest absolute Gasteiger partial charge is 0.284 e. The SMILES string of the molecule is Cc1cc(N(O)C(=O)C(O)c2cc(F)cc(F)c2)ccc1-c1cnc(N)c(C(=O)CC(C)C)c1. The van der Waals surface area contributed by atoms with E-state index in [1.54, 1.807) is 19.1 Å². The van der Waals surface area contributed by atoms with E-state index in [9.17, 15) is 28.7 Å². The lowest BCUT2D eigenvalue weighted by Gasteiger charge is -2.20. The number of halogens is 2. The maximum atomic E-state index is 13.4. The van der Waals surface area contributed by atoms with Gasteiger partial charge in [0.25, 0.3) is 5.91 Å². The fraction of sp³-hybridized carbons (Fsp3) is 0.240. The van der Waals surface area contributed by atoms with Gasteiger partial charge in [0.05, 0.1) is 11.3 Å². The molecule has 1 amide bonds. The number of pyridine rings is 1. The Morgan fingerprint density at radius 3 is 2.32 bits per heavy atom. The molecular formula is C25H25F2N3O4. The van der Waals surface area contributed by atoms with Crippen LogP contribution in [-0.4, -0.2) is 27.0 Å². The number of rotatable bonds is 7. The van der Waals surface area contributed by atoms with E-state index >= 15 is 0 Å². The van der Waals surface area contributed by atoms with Gasteiger partial charge in [-0.05, 0) is 59.9 Å². The molecule has 1 heterocycles. The number of hydrogen-bond acceptors (Lipinski definition) is 6. The summed E-state index contributed by atoms with van der Waals surface area (Å²) in [6.07, 6.45) is -0.133. The van der Waals surface area contributed by atoms with Crippen LogP contribution in [-0.2, 0) is 4.79 Å². The van der Waals surface area contributed by atoms with Crippen LogP contribution < -0.4 is 10.8 Å². The first-order valence-electron chi connectivity index (χ1n) is 10.5. The van der Waals surface area contributed by atoms with Crippen molar-refractivity contribution in [2.24, 2.45) is 5.92 Å². The van der Waals surface area contributed by atoms with Gasteiger partial charge in [-0.3, -0.25) is 14.8 Å². The Hall–Kier alpha value is -3.69. The molecule has 1 atom stereocenters. The molecule has 3 aromatic rings. The van der Waals surface area contributed by atoms with Crippen molar-refractivity contribution >= 4 is 23.2 Å². The number of aliphatic hydroxyl groups is 1. The summed E-state index contributed by atoms with van der Waals surface area (Å²) in [5, 5.41) is 20.8. The number of amides is 1. The van der Waals surface area contributed by atoms with E-state index in [0.717, 1.165) is 12.1 Å². The molecular weight excluding hydrogens is 444 g/mol. The Morgan fingerprint density at radius 2 is 1.74 bits per heavy atom. The fourth-order valence-corrected chi connectivity index (χ4v) is 3.55. The van der Waals surface area contributed by atoms with Crippen molar-refractivity contribution in [3.63, 3.8) is 0 Å². The highest BCUT2D eigenvalue weighted by Crippen LogP contribution is 2.30. The monoisotopic (exact) mass is 469 g/mol. The standard InChI is InChI=1S/C25H25F2N3O4/c1-13(2)6-22(31)21-10-16(12-29-24(21)28)20-5-4-19(7-14(20)3)30(34)25(33)23(32)15-8-17(26)11-18(27)9-15/h4-5,7-13,23,32,34H,6H2,1-3H3,(H2,28,29). The third-order valence-corrected chi connectivity index (χ3v) is 5.22. The lowest BCUT2D eigenvalue weighted by Crippen LogP contribution is -2.32. The van der Waals surface area contributed by atoms with Crippen molar-refractivity contribution in [2.75, 3.05) is 10.8 Å². The normalized spacial score (nSPS) is 12.0. The maximum absolute atomic E-state index is 13.4. The summed E-state index contributed by atoms with van der Waals surface area (Å²) in [6, 6.07) is 8.38. The number of aliphatic hydroxyl groups excluding tert-OH is 1. The quantitative estimate of drug-likeness (QED) is 0.265. The number of nitrogens with two attached hydrogens (primary N) is 1. The van der Waals surface area contributed by atoms with Gasteiger partial charge in [-0.1, -0.05) is 19.9 Å². The molecule has 1 unspecified atom stereocenters. The number of benzene rings is 2. The molecule has 0 bridgehead atoms. The summed E-state index contributed by atoms with van der Waals surface area (Å²) in [7, 11) is 0. The molecule has 1 aromatic heterocycles. The van der Waals surface area contributed by atoms with Crippen LogP contribution in [0.4, 0.5) is 20.3 Å². The molecule has 3 rings (SSSR count). The van der Waals surface area contributed by atoms with Crippen LogP contribution in [0.3, 0.4) is 0 Å². The first-order chi connectivity index (χ1) is 16.0. The topological polar surface area (TPSA) is 117 Å². The van der Waals surface area contributed by atoms with Crippen LogP contribution in [0, 0.1) is 24.5 Å². The number of nitrogen functional groups attached to an aromatic ring is 1. The molecule has 0 radical (unpaired) electrons. The third kappa shape index (κ3) is 5.44. The van der Waals surface area contributed by atoms with E-state index in [1.807, 2.05) is 13.8 Å². The molecule has 0 fully saturated rings. The van der Waals surface area contributed by atoms with E-state index in [-0.39, 0.29) is 33.8 Å². The van der Waals surface area contributed by atoms with Crippen molar-refractivity contribution in [1.82, 2.24) is 4.98 Å². The summed E-state index contributed by atoms with van der Waals surface area (Å²) < 4.78 is 26.9. The van der Waals surface area contributed by atoms with Gasteiger partial charge in [0.2, 0.25) is 0 Å². The lowest BCUT2D eigenvalue weighted by atomic mass is 9.96. The number of aryl methyl sites for hydroxylation is 1. The number of anilines is 2. The number of aromatic nitrogens is 1. The number of ketones is 1.